The van der Waals surface area contributed by atoms with Crippen molar-refractivity contribution in [3.05, 3.63) is 35.8 Å². The second-order valence-electron chi connectivity index (χ2n) is 4.19. The van der Waals surface area contributed by atoms with E-state index in [1.807, 2.05) is 0 Å². The fraction of sp³-hybridized carbons (Fsp3) is 0.333. The van der Waals surface area contributed by atoms with Gasteiger partial charge < -0.3 is 14.3 Å². The summed E-state index contributed by atoms with van der Waals surface area (Å²) in [6.45, 7) is 3.32. The van der Waals surface area contributed by atoms with E-state index in [1.54, 1.807) is 43.8 Å². The van der Waals surface area contributed by atoms with Crippen LogP contribution in [0.5, 0.6) is 0 Å². The van der Waals surface area contributed by atoms with Gasteiger partial charge in [-0.1, -0.05) is 0 Å². The van der Waals surface area contributed by atoms with Crippen molar-refractivity contribution in [1.82, 2.24) is 20.1 Å². The zero-order valence-electron chi connectivity index (χ0n) is 10.9. The molecule has 2 heterocycles. The number of aryl methyl sites for hydroxylation is 2. The third kappa shape index (κ3) is 2.70. The average molecular weight is 262 g/mol. The Morgan fingerprint density at radius 1 is 1.42 bits per heavy atom. The van der Waals surface area contributed by atoms with Gasteiger partial charge in [0.2, 0.25) is 11.8 Å². The highest BCUT2D eigenvalue weighted by atomic mass is 16.4. The molecule has 0 radical (unpaired) electrons. The van der Waals surface area contributed by atoms with Crippen LogP contribution < -0.4 is 5.32 Å². The maximum atomic E-state index is 11.9. The Morgan fingerprint density at radius 2 is 2.16 bits per heavy atom. The topological polar surface area (TPSA) is 90.0 Å². The maximum absolute atomic E-state index is 11.9. The molecule has 7 nitrogen and oxygen atoms in total. The van der Waals surface area contributed by atoms with E-state index in [2.05, 4.69) is 15.5 Å². The van der Waals surface area contributed by atoms with E-state index in [0.29, 0.717) is 11.6 Å². The molecule has 0 saturated heterocycles. The minimum absolute atomic E-state index is 0.269. The number of aromatic nitrogens is 3. The van der Waals surface area contributed by atoms with Gasteiger partial charge in [-0.3, -0.25) is 9.59 Å². The molecule has 0 aromatic carbocycles. The molecule has 0 aliphatic carbocycles. The van der Waals surface area contributed by atoms with Gasteiger partial charge in [0.15, 0.2) is 0 Å². The van der Waals surface area contributed by atoms with Crippen molar-refractivity contribution in [2.75, 3.05) is 0 Å². The van der Waals surface area contributed by atoms with Crippen molar-refractivity contribution in [1.29, 1.82) is 0 Å². The number of amides is 1. The number of hydrogen-bond donors (Lipinski definition) is 1. The molecule has 2 aromatic heterocycles. The number of nitrogens with one attached hydrogen (secondary N) is 1. The van der Waals surface area contributed by atoms with Crippen LogP contribution >= 0.6 is 0 Å². The van der Waals surface area contributed by atoms with E-state index in [4.69, 9.17) is 4.42 Å². The zero-order chi connectivity index (χ0) is 14.0. The van der Waals surface area contributed by atoms with Gasteiger partial charge in [0.25, 0.3) is 11.7 Å². The highest BCUT2D eigenvalue weighted by molar-refractivity contribution is 6.42. The first-order chi connectivity index (χ1) is 8.99. The van der Waals surface area contributed by atoms with Gasteiger partial charge in [-0.25, -0.2) is 0 Å². The van der Waals surface area contributed by atoms with Crippen molar-refractivity contribution >= 4 is 11.7 Å². The van der Waals surface area contributed by atoms with Gasteiger partial charge in [-0.2, -0.15) is 0 Å². The first kappa shape index (κ1) is 13.0. The summed E-state index contributed by atoms with van der Waals surface area (Å²) >= 11 is 0. The molecule has 1 amide bonds. The standard InChI is InChI=1S/C12H14N4O3/c1-7(12-15-14-8(2)19-12)13-11(18)10(17)9-5-4-6-16(9)3/h4-7H,1-3H3,(H,13,18). The maximum Gasteiger partial charge on any atom is 0.294 e. The molecule has 19 heavy (non-hydrogen) atoms. The molecule has 1 unspecified atom stereocenters. The van der Waals surface area contributed by atoms with Crippen molar-refractivity contribution in [2.24, 2.45) is 7.05 Å². The summed E-state index contributed by atoms with van der Waals surface area (Å²) < 4.78 is 6.77. The summed E-state index contributed by atoms with van der Waals surface area (Å²) in [4.78, 5) is 23.7. The Bertz CT molecular complexity index is 614. The normalized spacial score (nSPS) is 12.2. The predicted octanol–water partition coefficient (Wildman–Crippen LogP) is 0.777. The molecule has 0 aliphatic heterocycles. The SMILES string of the molecule is Cc1nnc(C(C)NC(=O)C(=O)c2cccn2C)o1. The van der Waals surface area contributed by atoms with E-state index in [-0.39, 0.29) is 5.89 Å². The Hall–Kier alpha value is -2.44. The van der Waals surface area contributed by atoms with Crippen LogP contribution in [0.2, 0.25) is 0 Å². The molecule has 0 spiro atoms. The van der Waals surface area contributed by atoms with Crippen LogP contribution in [0.4, 0.5) is 0 Å². The van der Waals surface area contributed by atoms with Crippen LogP contribution in [0.1, 0.15) is 35.2 Å². The lowest BCUT2D eigenvalue weighted by molar-refractivity contribution is -0.117. The van der Waals surface area contributed by atoms with E-state index in [0.717, 1.165) is 0 Å². The minimum Gasteiger partial charge on any atom is -0.423 e. The van der Waals surface area contributed by atoms with Crippen molar-refractivity contribution in [2.45, 2.75) is 19.9 Å². The van der Waals surface area contributed by atoms with Gasteiger partial charge >= 0.3 is 0 Å². The number of Topliss-reactive ketones (excluding diaryl/α,β-unsaturated/α-hetero) is 1. The quantitative estimate of drug-likeness (QED) is 0.649. The molecule has 1 atom stereocenters. The Labute approximate surface area is 109 Å². The molecule has 0 aliphatic rings. The molecular weight excluding hydrogens is 248 g/mol. The molecule has 2 rings (SSSR count). The van der Waals surface area contributed by atoms with Crippen LogP contribution in [0.25, 0.3) is 0 Å². The number of nitrogens with zero attached hydrogens (tertiary/aromatic N) is 3. The van der Waals surface area contributed by atoms with Crippen LogP contribution in [0.15, 0.2) is 22.7 Å². The summed E-state index contributed by atoms with van der Waals surface area (Å²) in [7, 11) is 1.70. The Balaban J connectivity index is 2.05. The number of hydrogen-bond acceptors (Lipinski definition) is 5. The van der Waals surface area contributed by atoms with E-state index in [1.165, 1.54) is 0 Å². The van der Waals surface area contributed by atoms with Gasteiger partial charge in [0.1, 0.15) is 6.04 Å². The highest BCUT2D eigenvalue weighted by Crippen LogP contribution is 2.10. The zero-order valence-corrected chi connectivity index (χ0v) is 10.9. The molecule has 1 N–H and O–H groups in total. The lowest BCUT2D eigenvalue weighted by Crippen LogP contribution is -2.34. The summed E-state index contributed by atoms with van der Waals surface area (Å²) in [6, 6.07) is 2.77. The summed E-state index contributed by atoms with van der Waals surface area (Å²) in [6.07, 6.45) is 1.70. The van der Waals surface area contributed by atoms with Crippen LogP contribution in [0.3, 0.4) is 0 Å². The van der Waals surface area contributed by atoms with Gasteiger partial charge in [0.05, 0.1) is 5.69 Å². The fourth-order valence-electron chi connectivity index (χ4n) is 1.62. The third-order valence-corrected chi connectivity index (χ3v) is 2.64. The van der Waals surface area contributed by atoms with Gasteiger partial charge in [-0.15, -0.1) is 10.2 Å². The van der Waals surface area contributed by atoms with Crippen LogP contribution in [0, 0.1) is 6.92 Å². The second-order valence-corrected chi connectivity index (χ2v) is 4.19. The second kappa shape index (κ2) is 5.05. The van der Waals surface area contributed by atoms with Gasteiger partial charge in [-0.05, 0) is 19.1 Å². The smallest absolute Gasteiger partial charge is 0.294 e. The van der Waals surface area contributed by atoms with Gasteiger partial charge in [0, 0.05) is 20.2 Å². The monoisotopic (exact) mass is 262 g/mol. The van der Waals surface area contributed by atoms with Crippen molar-refractivity contribution < 1.29 is 14.0 Å². The molecular formula is C12H14N4O3. The lowest BCUT2D eigenvalue weighted by Gasteiger charge is -2.09. The number of rotatable bonds is 4. The molecule has 2 aromatic rings. The molecule has 7 heteroatoms. The molecule has 100 valence electrons. The molecule has 0 bridgehead atoms. The van der Waals surface area contributed by atoms with Crippen molar-refractivity contribution in [3.63, 3.8) is 0 Å². The summed E-state index contributed by atoms with van der Waals surface area (Å²) in [5, 5.41) is 9.98. The number of carbonyl (C=O) groups excluding carboxylic acids is 2. The predicted molar refractivity (Wildman–Crippen MR) is 65.3 cm³/mol. The molecule has 0 saturated carbocycles. The highest BCUT2D eigenvalue weighted by Gasteiger charge is 2.22. The van der Waals surface area contributed by atoms with E-state index in [9.17, 15) is 9.59 Å². The average Bonchev–Trinajstić information content (AvgIpc) is 2.97. The molecule has 0 fully saturated rings. The minimum atomic E-state index is -0.704. The summed E-state index contributed by atoms with van der Waals surface area (Å²) in [5.41, 5.74) is 0.325. The number of carbonyl (C=O) groups is 2. The fourth-order valence-corrected chi connectivity index (χ4v) is 1.62. The van der Waals surface area contributed by atoms with E-state index >= 15 is 0 Å². The first-order valence-electron chi connectivity index (χ1n) is 5.75. The van der Waals surface area contributed by atoms with E-state index < -0.39 is 17.7 Å². The lowest BCUT2D eigenvalue weighted by atomic mass is 10.2. The van der Waals surface area contributed by atoms with Crippen LogP contribution in [-0.4, -0.2) is 26.5 Å². The van der Waals surface area contributed by atoms with Crippen LogP contribution in [-0.2, 0) is 11.8 Å². The largest absolute Gasteiger partial charge is 0.423 e. The van der Waals surface area contributed by atoms with Crippen molar-refractivity contribution in [3.8, 4) is 0 Å². The number of ketones is 1. The Morgan fingerprint density at radius 3 is 2.68 bits per heavy atom. The summed E-state index contributed by atoms with van der Waals surface area (Å²) in [5.74, 6) is -0.629. The first-order valence-corrected chi connectivity index (χ1v) is 5.75. The Kier molecular flexibility index (Phi) is 3.46. The third-order valence-electron chi connectivity index (χ3n) is 2.64.